The number of carbonyl (C=O) groups excluding carboxylic acids is 1. The van der Waals surface area contributed by atoms with Crippen molar-refractivity contribution in [3.05, 3.63) is 58.3 Å². The summed E-state index contributed by atoms with van der Waals surface area (Å²) in [6.45, 7) is 0. The summed E-state index contributed by atoms with van der Waals surface area (Å²) in [5, 5.41) is 0. The SMILES string of the molecule is COc1ccccc1N(C)C(=O)c1cc(Br)ccc1F. The standard InChI is InChI=1S/C15H13BrFNO2/c1-18(13-5-3-4-6-14(13)20-2)15(19)11-9-10(16)7-8-12(11)17/h3-9H,1-2H3. The van der Waals surface area contributed by atoms with Crippen LogP contribution in [0.15, 0.2) is 46.9 Å². The predicted molar refractivity (Wildman–Crippen MR) is 79.8 cm³/mol. The second-order valence-corrected chi connectivity index (χ2v) is 5.08. The van der Waals surface area contributed by atoms with E-state index in [0.29, 0.717) is 15.9 Å². The molecule has 0 saturated heterocycles. The van der Waals surface area contributed by atoms with Crippen LogP contribution in [0.1, 0.15) is 10.4 Å². The summed E-state index contributed by atoms with van der Waals surface area (Å²) in [7, 11) is 3.11. The summed E-state index contributed by atoms with van der Waals surface area (Å²) in [6, 6.07) is 11.4. The number of anilines is 1. The number of halogens is 2. The summed E-state index contributed by atoms with van der Waals surface area (Å²) < 4.78 is 19.6. The van der Waals surface area contributed by atoms with Gasteiger partial charge in [-0.25, -0.2) is 4.39 Å². The molecule has 0 unspecified atom stereocenters. The van der Waals surface area contributed by atoms with E-state index in [4.69, 9.17) is 4.74 Å². The van der Waals surface area contributed by atoms with Crippen LogP contribution in [0.4, 0.5) is 10.1 Å². The third kappa shape index (κ3) is 2.82. The molecular weight excluding hydrogens is 325 g/mol. The lowest BCUT2D eigenvalue weighted by atomic mass is 10.1. The number of nitrogens with zero attached hydrogens (tertiary/aromatic N) is 1. The Hall–Kier alpha value is -1.88. The molecule has 0 aliphatic rings. The maximum absolute atomic E-state index is 13.8. The zero-order valence-corrected chi connectivity index (χ0v) is 12.6. The van der Waals surface area contributed by atoms with Crippen LogP contribution >= 0.6 is 15.9 Å². The van der Waals surface area contributed by atoms with E-state index in [2.05, 4.69) is 15.9 Å². The van der Waals surface area contributed by atoms with Crippen molar-refractivity contribution < 1.29 is 13.9 Å². The van der Waals surface area contributed by atoms with Gasteiger partial charge < -0.3 is 9.64 Å². The smallest absolute Gasteiger partial charge is 0.261 e. The van der Waals surface area contributed by atoms with Gasteiger partial charge >= 0.3 is 0 Å². The highest BCUT2D eigenvalue weighted by Gasteiger charge is 2.20. The van der Waals surface area contributed by atoms with Crippen molar-refractivity contribution in [2.45, 2.75) is 0 Å². The van der Waals surface area contributed by atoms with Crippen molar-refractivity contribution in [1.82, 2.24) is 0 Å². The third-order valence-corrected chi connectivity index (χ3v) is 3.40. The van der Waals surface area contributed by atoms with Gasteiger partial charge in [0.15, 0.2) is 0 Å². The Morgan fingerprint density at radius 3 is 2.65 bits per heavy atom. The zero-order valence-electron chi connectivity index (χ0n) is 11.1. The van der Waals surface area contributed by atoms with Gasteiger partial charge in [0.05, 0.1) is 18.4 Å². The molecule has 0 N–H and O–H groups in total. The van der Waals surface area contributed by atoms with Crippen LogP contribution in [0, 0.1) is 5.82 Å². The van der Waals surface area contributed by atoms with Crippen molar-refractivity contribution in [3.8, 4) is 5.75 Å². The number of carbonyl (C=O) groups is 1. The zero-order chi connectivity index (χ0) is 14.7. The van der Waals surface area contributed by atoms with E-state index in [1.165, 1.54) is 24.1 Å². The number of amides is 1. The van der Waals surface area contributed by atoms with Gasteiger partial charge in [-0.3, -0.25) is 4.79 Å². The van der Waals surface area contributed by atoms with Gasteiger partial charge in [0.2, 0.25) is 0 Å². The maximum atomic E-state index is 13.8. The van der Waals surface area contributed by atoms with Gasteiger partial charge in [0.1, 0.15) is 11.6 Å². The molecule has 3 nitrogen and oxygen atoms in total. The van der Waals surface area contributed by atoms with E-state index in [9.17, 15) is 9.18 Å². The monoisotopic (exact) mass is 337 g/mol. The molecule has 0 bridgehead atoms. The van der Waals surface area contributed by atoms with Crippen LogP contribution in [0.5, 0.6) is 5.75 Å². The lowest BCUT2D eigenvalue weighted by molar-refractivity contribution is 0.0988. The quantitative estimate of drug-likeness (QED) is 0.850. The van der Waals surface area contributed by atoms with Gasteiger partial charge in [-0.2, -0.15) is 0 Å². The first kappa shape index (κ1) is 14.5. The van der Waals surface area contributed by atoms with Gasteiger partial charge in [0, 0.05) is 11.5 Å². The van der Waals surface area contributed by atoms with Crippen LogP contribution < -0.4 is 9.64 Å². The molecule has 0 aliphatic heterocycles. The number of methoxy groups -OCH3 is 1. The Morgan fingerprint density at radius 1 is 1.25 bits per heavy atom. The first-order chi connectivity index (χ1) is 9.54. The van der Waals surface area contributed by atoms with Crippen LogP contribution in [-0.2, 0) is 0 Å². The Labute approximate surface area is 125 Å². The third-order valence-electron chi connectivity index (χ3n) is 2.91. The summed E-state index contributed by atoms with van der Waals surface area (Å²) in [4.78, 5) is 13.8. The molecular formula is C15H13BrFNO2. The molecule has 0 fully saturated rings. The average molecular weight is 338 g/mol. The molecule has 0 heterocycles. The van der Waals surface area contributed by atoms with E-state index < -0.39 is 11.7 Å². The summed E-state index contributed by atoms with van der Waals surface area (Å²) >= 11 is 3.24. The molecule has 2 aromatic rings. The predicted octanol–water partition coefficient (Wildman–Crippen LogP) is 3.87. The number of hydrogen-bond donors (Lipinski definition) is 0. The highest BCUT2D eigenvalue weighted by Crippen LogP contribution is 2.28. The number of para-hydroxylation sites is 2. The first-order valence-corrected chi connectivity index (χ1v) is 6.70. The molecule has 0 aliphatic carbocycles. The van der Waals surface area contributed by atoms with Crippen LogP contribution in [0.25, 0.3) is 0 Å². The fraction of sp³-hybridized carbons (Fsp3) is 0.133. The fourth-order valence-corrected chi connectivity index (χ4v) is 2.22. The van der Waals surface area contributed by atoms with E-state index >= 15 is 0 Å². The summed E-state index contributed by atoms with van der Waals surface area (Å²) in [6.07, 6.45) is 0. The Bertz CT molecular complexity index is 646. The largest absolute Gasteiger partial charge is 0.495 e. The number of hydrogen-bond acceptors (Lipinski definition) is 2. The molecule has 0 atom stereocenters. The highest BCUT2D eigenvalue weighted by atomic mass is 79.9. The molecule has 20 heavy (non-hydrogen) atoms. The van der Waals surface area contributed by atoms with Crippen molar-refractivity contribution in [2.75, 3.05) is 19.1 Å². The second kappa shape index (κ2) is 6.05. The molecule has 1 amide bonds. The molecule has 104 valence electrons. The van der Waals surface area contributed by atoms with Crippen LogP contribution in [-0.4, -0.2) is 20.1 Å². The van der Waals surface area contributed by atoms with Crippen LogP contribution in [0.3, 0.4) is 0 Å². The molecule has 0 saturated carbocycles. The Balaban J connectivity index is 2.40. The molecule has 2 aromatic carbocycles. The van der Waals surface area contributed by atoms with Crippen molar-refractivity contribution in [1.29, 1.82) is 0 Å². The van der Waals surface area contributed by atoms with Gasteiger partial charge in [0.25, 0.3) is 5.91 Å². The minimum Gasteiger partial charge on any atom is -0.495 e. The van der Waals surface area contributed by atoms with E-state index in [0.717, 1.165) is 0 Å². The van der Waals surface area contributed by atoms with Gasteiger partial charge in [-0.1, -0.05) is 28.1 Å². The second-order valence-electron chi connectivity index (χ2n) is 4.16. The van der Waals surface area contributed by atoms with Crippen molar-refractivity contribution in [3.63, 3.8) is 0 Å². The highest BCUT2D eigenvalue weighted by molar-refractivity contribution is 9.10. The summed E-state index contributed by atoms with van der Waals surface area (Å²) in [5.74, 6) is -0.438. The maximum Gasteiger partial charge on any atom is 0.261 e. The molecule has 0 spiro atoms. The molecule has 0 radical (unpaired) electrons. The van der Waals surface area contributed by atoms with E-state index in [-0.39, 0.29) is 5.56 Å². The fourth-order valence-electron chi connectivity index (χ4n) is 1.86. The average Bonchev–Trinajstić information content (AvgIpc) is 2.48. The summed E-state index contributed by atoms with van der Waals surface area (Å²) in [5.41, 5.74) is 0.590. The lowest BCUT2D eigenvalue weighted by Gasteiger charge is -2.20. The Morgan fingerprint density at radius 2 is 1.95 bits per heavy atom. The minimum absolute atomic E-state index is 0.00720. The lowest BCUT2D eigenvalue weighted by Crippen LogP contribution is -2.27. The normalized spacial score (nSPS) is 10.2. The number of ether oxygens (including phenoxy) is 1. The molecule has 2 rings (SSSR count). The van der Waals surface area contributed by atoms with Crippen molar-refractivity contribution >= 4 is 27.5 Å². The van der Waals surface area contributed by atoms with E-state index in [1.54, 1.807) is 37.4 Å². The van der Waals surface area contributed by atoms with Gasteiger partial charge in [-0.15, -0.1) is 0 Å². The molecule has 0 aromatic heterocycles. The topological polar surface area (TPSA) is 29.5 Å². The molecule has 5 heteroatoms. The first-order valence-electron chi connectivity index (χ1n) is 5.90. The van der Waals surface area contributed by atoms with Crippen LogP contribution in [0.2, 0.25) is 0 Å². The number of benzene rings is 2. The van der Waals surface area contributed by atoms with Gasteiger partial charge in [-0.05, 0) is 30.3 Å². The number of rotatable bonds is 3. The van der Waals surface area contributed by atoms with E-state index in [1.807, 2.05) is 0 Å². The minimum atomic E-state index is -0.556. The van der Waals surface area contributed by atoms with Crippen molar-refractivity contribution in [2.24, 2.45) is 0 Å². The Kier molecular flexibility index (Phi) is 4.39.